The molecule has 6 heteroatoms. The molecule has 0 saturated heterocycles. The Kier molecular flexibility index (Phi) is 3.19. The summed E-state index contributed by atoms with van der Waals surface area (Å²) < 4.78 is 1.83. The van der Waals surface area contributed by atoms with E-state index >= 15 is 0 Å². The molecule has 0 aliphatic heterocycles. The van der Waals surface area contributed by atoms with Gasteiger partial charge >= 0.3 is 0 Å². The Bertz CT molecular complexity index is 710. The normalized spacial score (nSPS) is 10.6. The molecule has 0 bridgehead atoms. The van der Waals surface area contributed by atoms with E-state index in [4.69, 9.17) is 23.2 Å². The molecule has 0 aliphatic rings. The molecule has 0 amide bonds. The van der Waals surface area contributed by atoms with Gasteiger partial charge in [-0.05, 0) is 12.1 Å². The Morgan fingerprint density at radius 1 is 1.00 bits per heavy atom. The van der Waals surface area contributed by atoms with Gasteiger partial charge in [0.05, 0.1) is 21.9 Å². The molecule has 2 heterocycles. The van der Waals surface area contributed by atoms with Crippen LogP contribution in [-0.2, 0) is 0 Å². The molecular formula is C13H8Cl2N4. The molecule has 3 aromatic rings. The summed E-state index contributed by atoms with van der Waals surface area (Å²) >= 11 is 12.3. The Balaban J connectivity index is 2.18. The van der Waals surface area contributed by atoms with E-state index in [-0.39, 0.29) is 0 Å². The molecule has 94 valence electrons. The lowest BCUT2D eigenvalue weighted by molar-refractivity contribution is 1.04. The highest BCUT2D eigenvalue weighted by Crippen LogP contribution is 2.30. The first-order valence-corrected chi connectivity index (χ1v) is 6.27. The number of benzene rings is 1. The molecule has 19 heavy (non-hydrogen) atoms. The number of aromatic nitrogens is 4. The SMILES string of the molecule is Clc1cccc(-n2ccnc2-c2cnccn2)c1Cl. The number of halogens is 2. The highest BCUT2D eigenvalue weighted by atomic mass is 35.5. The smallest absolute Gasteiger partial charge is 0.164 e. The van der Waals surface area contributed by atoms with Crippen molar-refractivity contribution >= 4 is 23.2 Å². The van der Waals surface area contributed by atoms with E-state index in [1.807, 2.05) is 22.9 Å². The maximum atomic E-state index is 6.23. The van der Waals surface area contributed by atoms with Gasteiger partial charge in [0.2, 0.25) is 0 Å². The number of hydrogen-bond acceptors (Lipinski definition) is 3. The molecule has 0 saturated carbocycles. The minimum atomic E-state index is 0.479. The Morgan fingerprint density at radius 3 is 2.68 bits per heavy atom. The monoisotopic (exact) mass is 290 g/mol. The van der Waals surface area contributed by atoms with Crippen molar-refractivity contribution in [1.29, 1.82) is 0 Å². The average Bonchev–Trinajstić information content (AvgIpc) is 2.92. The van der Waals surface area contributed by atoms with Crippen LogP contribution in [0.3, 0.4) is 0 Å². The quantitative estimate of drug-likeness (QED) is 0.724. The van der Waals surface area contributed by atoms with Crippen LogP contribution in [-0.4, -0.2) is 19.5 Å². The predicted octanol–water partition coefficient (Wildman–Crippen LogP) is 3.64. The van der Waals surface area contributed by atoms with Crippen LogP contribution in [0.2, 0.25) is 10.0 Å². The second kappa shape index (κ2) is 4.99. The van der Waals surface area contributed by atoms with E-state index in [0.29, 0.717) is 21.6 Å². The van der Waals surface area contributed by atoms with Crippen LogP contribution < -0.4 is 0 Å². The fourth-order valence-corrected chi connectivity index (χ4v) is 2.17. The zero-order chi connectivity index (χ0) is 13.2. The molecule has 0 unspecified atom stereocenters. The molecule has 3 rings (SSSR count). The zero-order valence-corrected chi connectivity index (χ0v) is 11.2. The van der Waals surface area contributed by atoms with Gasteiger partial charge < -0.3 is 0 Å². The largest absolute Gasteiger partial charge is 0.297 e. The third-order valence-electron chi connectivity index (χ3n) is 2.62. The lowest BCUT2D eigenvalue weighted by Gasteiger charge is -2.09. The molecule has 0 radical (unpaired) electrons. The molecular weight excluding hydrogens is 283 g/mol. The number of hydrogen-bond donors (Lipinski definition) is 0. The van der Waals surface area contributed by atoms with Crippen molar-refractivity contribution in [2.45, 2.75) is 0 Å². The first kappa shape index (κ1) is 12.1. The number of imidazole rings is 1. The maximum Gasteiger partial charge on any atom is 0.164 e. The van der Waals surface area contributed by atoms with Gasteiger partial charge in [0.1, 0.15) is 5.69 Å². The summed E-state index contributed by atoms with van der Waals surface area (Å²) in [6, 6.07) is 5.45. The van der Waals surface area contributed by atoms with Gasteiger partial charge in [0.15, 0.2) is 5.82 Å². The minimum absolute atomic E-state index is 0.479. The van der Waals surface area contributed by atoms with Gasteiger partial charge in [-0.2, -0.15) is 0 Å². The van der Waals surface area contributed by atoms with Crippen LogP contribution in [0.5, 0.6) is 0 Å². The van der Waals surface area contributed by atoms with Crippen LogP contribution in [0.1, 0.15) is 0 Å². The van der Waals surface area contributed by atoms with Gasteiger partial charge in [-0.1, -0.05) is 29.3 Å². The second-order valence-electron chi connectivity index (χ2n) is 3.78. The molecule has 0 N–H and O–H groups in total. The summed E-state index contributed by atoms with van der Waals surface area (Å²) in [5.41, 5.74) is 1.43. The van der Waals surface area contributed by atoms with E-state index in [2.05, 4.69) is 15.0 Å². The predicted molar refractivity (Wildman–Crippen MR) is 74.6 cm³/mol. The number of nitrogens with zero attached hydrogens (tertiary/aromatic N) is 4. The molecule has 2 aromatic heterocycles. The Hall–Kier alpha value is -1.91. The average molecular weight is 291 g/mol. The van der Waals surface area contributed by atoms with Crippen LogP contribution in [0, 0.1) is 0 Å². The van der Waals surface area contributed by atoms with Crippen LogP contribution in [0.4, 0.5) is 0 Å². The Labute approximate surface area is 119 Å². The van der Waals surface area contributed by atoms with E-state index in [1.54, 1.807) is 30.9 Å². The fourth-order valence-electron chi connectivity index (χ4n) is 1.78. The van der Waals surface area contributed by atoms with Crippen LogP contribution in [0.15, 0.2) is 49.2 Å². The summed E-state index contributed by atoms with van der Waals surface area (Å²) in [6.07, 6.45) is 8.37. The van der Waals surface area contributed by atoms with Crippen molar-refractivity contribution in [3.05, 3.63) is 59.2 Å². The third-order valence-corrected chi connectivity index (χ3v) is 3.43. The van der Waals surface area contributed by atoms with Crippen LogP contribution in [0.25, 0.3) is 17.2 Å². The van der Waals surface area contributed by atoms with Gasteiger partial charge in [0, 0.05) is 24.8 Å². The van der Waals surface area contributed by atoms with Crippen LogP contribution >= 0.6 is 23.2 Å². The summed E-state index contributed by atoms with van der Waals surface area (Å²) in [5, 5.41) is 0.977. The lowest BCUT2D eigenvalue weighted by atomic mass is 10.3. The zero-order valence-electron chi connectivity index (χ0n) is 9.66. The summed E-state index contributed by atoms with van der Waals surface area (Å²) in [6.45, 7) is 0. The molecule has 1 aromatic carbocycles. The van der Waals surface area contributed by atoms with Crippen molar-refractivity contribution < 1.29 is 0 Å². The molecule has 0 fully saturated rings. The molecule has 4 nitrogen and oxygen atoms in total. The second-order valence-corrected chi connectivity index (χ2v) is 4.57. The highest BCUT2D eigenvalue weighted by Gasteiger charge is 2.12. The first-order chi connectivity index (χ1) is 9.27. The van der Waals surface area contributed by atoms with Crippen molar-refractivity contribution in [2.75, 3.05) is 0 Å². The van der Waals surface area contributed by atoms with E-state index in [1.165, 1.54) is 0 Å². The van der Waals surface area contributed by atoms with E-state index in [0.717, 1.165) is 5.69 Å². The highest BCUT2D eigenvalue weighted by molar-refractivity contribution is 6.43. The Morgan fingerprint density at radius 2 is 1.89 bits per heavy atom. The number of rotatable bonds is 2. The topological polar surface area (TPSA) is 43.6 Å². The fraction of sp³-hybridized carbons (Fsp3) is 0. The summed E-state index contributed by atoms with van der Waals surface area (Å²) in [5.74, 6) is 0.664. The van der Waals surface area contributed by atoms with E-state index in [9.17, 15) is 0 Å². The summed E-state index contributed by atoms with van der Waals surface area (Å²) in [7, 11) is 0. The van der Waals surface area contributed by atoms with Crippen molar-refractivity contribution in [3.8, 4) is 17.2 Å². The van der Waals surface area contributed by atoms with Gasteiger partial charge in [-0.15, -0.1) is 0 Å². The minimum Gasteiger partial charge on any atom is -0.297 e. The van der Waals surface area contributed by atoms with Gasteiger partial charge in [-0.25, -0.2) is 9.97 Å². The van der Waals surface area contributed by atoms with Crippen molar-refractivity contribution in [2.24, 2.45) is 0 Å². The molecule has 0 atom stereocenters. The third kappa shape index (κ3) is 2.20. The van der Waals surface area contributed by atoms with E-state index < -0.39 is 0 Å². The van der Waals surface area contributed by atoms with Gasteiger partial charge in [-0.3, -0.25) is 9.55 Å². The first-order valence-electron chi connectivity index (χ1n) is 5.51. The standard InChI is InChI=1S/C13H8Cl2N4/c14-9-2-1-3-11(12(9)15)19-7-6-18-13(19)10-8-16-4-5-17-10/h1-8H. The maximum absolute atomic E-state index is 6.23. The molecule has 0 spiro atoms. The lowest BCUT2D eigenvalue weighted by Crippen LogP contribution is -1.99. The summed E-state index contributed by atoms with van der Waals surface area (Å²) in [4.78, 5) is 12.6. The van der Waals surface area contributed by atoms with Crippen molar-refractivity contribution in [3.63, 3.8) is 0 Å². The van der Waals surface area contributed by atoms with Gasteiger partial charge in [0.25, 0.3) is 0 Å². The molecule has 0 aliphatic carbocycles. The van der Waals surface area contributed by atoms with Crippen molar-refractivity contribution in [1.82, 2.24) is 19.5 Å².